The van der Waals surface area contributed by atoms with Crippen LogP contribution >= 0.6 is 0 Å². The number of nitrogens with zero attached hydrogens (tertiary/aromatic N) is 2. The molecular formula is C14H16N2O4. The van der Waals surface area contributed by atoms with E-state index >= 15 is 0 Å². The molecule has 0 saturated heterocycles. The largest absolute Gasteiger partial charge is 0.434 e. The molecule has 20 heavy (non-hydrogen) atoms. The lowest BCUT2D eigenvalue weighted by Gasteiger charge is -2.17. The number of nitro groups is 1. The zero-order valence-corrected chi connectivity index (χ0v) is 11.4. The second kappa shape index (κ2) is 5.81. The van der Waals surface area contributed by atoms with E-state index in [4.69, 9.17) is 4.74 Å². The molecule has 1 aliphatic heterocycles. The maximum Gasteiger partial charge on any atom is 0.354 e. The third-order valence-corrected chi connectivity index (χ3v) is 3.17. The number of ether oxygens (including phenoxy) is 1. The van der Waals surface area contributed by atoms with E-state index in [0.717, 1.165) is 5.56 Å². The predicted octanol–water partition coefficient (Wildman–Crippen LogP) is 2.03. The molecule has 0 spiro atoms. The number of cyclic esters (lactones) is 1. The van der Waals surface area contributed by atoms with Gasteiger partial charge in [-0.2, -0.15) is 0 Å². The van der Waals surface area contributed by atoms with Gasteiger partial charge in [0, 0.05) is 10.8 Å². The molecule has 1 heterocycles. The Kier molecular flexibility index (Phi) is 4.12. The Bertz CT molecular complexity index is 539. The van der Waals surface area contributed by atoms with Crippen molar-refractivity contribution in [3.63, 3.8) is 0 Å². The van der Waals surface area contributed by atoms with Crippen LogP contribution < -0.4 is 0 Å². The van der Waals surface area contributed by atoms with E-state index in [2.05, 4.69) is 4.99 Å². The molecule has 0 amide bonds. The van der Waals surface area contributed by atoms with Crippen molar-refractivity contribution in [3.8, 4) is 0 Å². The van der Waals surface area contributed by atoms with Crippen LogP contribution in [0.1, 0.15) is 25.3 Å². The van der Waals surface area contributed by atoms with Crippen molar-refractivity contribution >= 4 is 11.7 Å². The molecular weight excluding hydrogens is 260 g/mol. The number of hydrogen-bond acceptors (Lipinski definition) is 5. The summed E-state index contributed by atoms with van der Waals surface area (Å²) in [4.78, 5) is 26.4. The van der Waals surface area contributed by atoms with E-state index in [9.17, 15) is 14.9 Å². The number of carbonyl (C=O) groups excluding carboxylic acids is 1. The quantitative estimate of drug-likeness (QED) is 0.468. The average Bonchev–Trinajstić information content (AvgIpc) is 2.79. The molecule has 6 nitrogen and oxygen atoms in total. The first kappa shape index (κ1) is 14.2. The topological polar surface area (TPSA) is 81.8 Å². The summed E-state index contributed by atoms with van der Waals surface area (Å²) in [6.07, 6.45) is -0.812. The van der Waals surface area contributed by atoms with Crippen molar-refractivity contribution in [1.82, 2.24) is 0 Å². The van der Waals surface area contributed by atoms with Crippen LogP contribution in [0.3, 0.4) is 0 Å². The van der Waals surface area contributed by atoms with Crippen LogP contribution in [0, 0.1) is 16.0 Å². The Morgan fingerprint density at radius 2 is 2.00 bits per heavy atom. The van der Waals surface area contributed by atoms with Gasteiger partial charge in [-0.25, -0.2) is 9.79 Å². The number of aliphatic imine (C=N–C) groups is 1. The minimum absolute atomic E-state index is 0.0560. The molecule has 0 aromatic heterocycles. The van der Waals surface area contributed by atoms with Crippen LogP contribution in [0.4, 0.5) is 0 Å². The Labute approximate surface area is 116 Å². The van der Waals surface area contributed by atoms with Gasteiger partial charge in [-0.15, -0.1) is 0 Å². The van der Waals surface area contributed by atoms with E-state index < -0.39 is 23.0 Å². The Morgan fingerprint density at radius 3 is 2.50 bits per heavy atom. The smallest absolute Gasteiger partial charge is 0.354 e. The summed E-state index contributed by atoms with van der Waals surface area (Å²) in [6.45, 7) is 3.36. The summed E-state index contributed by atoms with van der Waals surface area (Å²) >= 11 is 0. The minimum atomic E-state index is -0.812. The van der Waals surface area contributed by atoms with E-state index in [1.165, 1.54) is 0 Å². The average molecular weight is 276 g/mol. The van der Waals surface area contributed by atoms with E-state index in [1.54, 1.807) is 24.3 Å². The molecule has 2 rings (SSSR count). The highest BCUT2D eigenvalue weighted by molar-refractivity contribution is 6.38. The molecule has 1 aromatic carbocycles. The third-order valence-electron chi connectivity index (χ3n) is 3.17. The van der Waals surface area contributed by atoms with Gasteiger partial charge >= 0.3 is 5.97 Å². The van der Waals surface area contributed by atoms with Crippen molar-refractivity contribution in [2.24, 2.45) is 10.9 Å². The first-order chi connectivity index (χ1) is 9.49. The normalized spacial score (nSPS) is 19.6. The minimum Gasteiger partial charge on any atom is -0.434 e. The summed E-state index contributed by atoms with van der Waals surface area (Å²) in [5, 5.41) is 10.9. The lowest BCUT2D eigenvalue weighted by atomic mass is 9.97. The Morgan fingerprint density at radius 1 is 1.35 bits per heavy atom. The molecule has 1 aliphatic rings. The van der Waals surface area contributed by atoms with Crippen LogP contribution in [0.5, 0.6) is 0 Å². The maximum atomic E-state index is 11.7. The molecule has 0 saturated carbocycles. The predicted molar refractivity (Wildman–Crippen MR) is 73.2 cm³/mol. The van der Waals surface area contributed by atoms with Gasteiger partial charge < -0.3 is 4.74 Å². The first-order valence-corrected chi connectivity index (χ1v) is 6.44. The molecule has 106 valence electrons. The highest BCUT2D eigenvalue weighted by atomic mass is 16.6. The molecule has 2 atom stereocenters. The van der Waals surface area contributed by atoms with Gasteiger partial charge in [0.25, 0.3) is 0 Å². The third kappa shape index (κ3) is 3.01. The molecule has 0 radical (unpaired) electrons. The summed E-state index contributed by atoms with van der Waals surface area (Å²) in [5.41, 5.74) is 1.09. The second-order valence-corrected chi connectivity index (χ2v) is 5.00. The second-order valence-electron chi connectivity index (χ2n) is 5.00. The van der Waals surface area contributed by atoms with Crippen molar-refractivity contribution < 1.29 is 14.5 Å². The van der Waals surface area contributed by atoms with Crippen molar-refractivity contribution in [2.45, 2.75) is 26.0 Å². The van der Waals surface area contributed by atoms with Crippen molar-refractivity contribution in [1.29, 1.82) is 0 Å². The number of esters is 1. The van der Waals surface area contributed by atoms with Crippen LogP contribution in [-0.4, -0.2) is 29.4 Å². The summed E-state index contributed by atoms with van der Waals surface area (Å²) in [5.74, 6) is -1.10. The van der Waals surface area contributed by atoms with E-state index in [-0.39, 0.29) is 12.5 Å². The van der Waals surface area contributed by atoms with Gasteiger partial charge in [-0.1, -0.05) is 44.2 Å². The molecule has 1 unspecified atom stereocenters. The summed E-state index contributed by atoms with van der Waals surface area (Å²) in [6, 6.07) is 8.99. The lowest BCUT2D eigenvalue weighted by molar-refractivity contribution is -0.485. The van der Waals surface area contributed by atoms with Crippen LogP contribution in [0.2, 0.25) is 0 Å². The zero-order chi connectivity index (χ0) is 14.7. The van der Waals surface area contributed by atoms with E-state index in [0.29, 0.717) is 5.71 Å². The van der Waals surface area contributed by atoms with Crippen LogP contribution in [-0.2, 0) is 9.53 Å². The fraction of sp³-hybridized carbons (Fsp3) is 0.429. The number of carbonyl (C=O) groups is 1. The van der Waals surface area contributed by atoms with Crippen LogP contribution in [0.15, 0.2) is 35.3 Å². The van der Waals surface area contributed by atoms with Crippen molar-refractivity contribution in [3.05, 3.63) is 46.0 Å². The first-order valence-electron chi connectivity index (χ1n) is 6.44. The van der Waals surface area contributed by atoms with Gasteiger partial charge in [0.1, 0.15) is 11.6 Å². The highest BCUT2D eigenvalue weighted by Gasteiger charge is 2.37. The van der Waals surface area contributed by atoms with Gasteiger partial charge in [0.2, 0.25) is 12.8 Å². The van der Waals surface area contributed by atoms with Gasteiger partial charge in [0.05, 0.1) is 0 Å². The standard InChI is InChI=1S/C14H16N2O4/c1-9(2)12-14(17)20-13(15-12)11(8-16(18)19)10-6-4-3-5-7-10/h3-7,9,11,13H,8H2,1-2H3/t11-,13?/m0/s1. The summed E-state index contributed by atoms with van der Waals surface area (Å²) in [7, 11) is 0. The molecule has 0 N–H and O–H groups in total. The van der Waals surface area contributed by atoms with Gasteiger partial charge in [-0.3, -0.25) is 10.1 Å². The van der Waals surface area contributed by atoms with Gasteiger partial charge in [-0.05, 0) is 5.56 Å². The highest BCUT2D eigenvalue weighted by Crippen LogP contribution is 2.27. The molecule has 0 fully saturated rings. The zero-order valence-electron chi connectivity index (χ0n) is 11.4. The fourth-order valence-corrected chi connectivity index (χ4v) is 2.16. The molecule has 0 aliphatic carbocycles. The Hall–Kier alpha value is -2.24. The van der Waals surface area contributed by atoms with Crippen LogP contribution in [0.25, 0.3) is 0 Å². The SMILES string of the molecule is CC(C)C1=NC([C@@H](C[N+](=O)[O-])c2ccccc2)OC1=O. The lowest BCUT2D eigenvalue weighted by Crippen LogP contribution is -2.25. The van der Waals surface area contributed by atoms with Gasteiger partial charge in [0.15, 0.2) is 0 Å². The molecule has 1 aromatic rings. The maximum absolute atomic E-state index is 11.7. The monoisotopic (exact) mass is 276 g/mol. The summed E-state index contributed by atoms with van der Waals surface area (Å²) < 4.78 is 5.21. The van der Waals surface area contributed by atoms with E-state index in [1.807, 2.05) is 19.9 Å². The number of rotatable bonds is 5. The fourth-order valence-electron chi connectivity index (χ4n) is 2.16. The molecule has 0 bridgehead atoms. The Balaban J connectivity index is 2.29. The number of hydrogen-bond donors (Lipinski definition) is 0. The van der Waals surface area contributed by atoms with Crippen molar-refractivity contribution in [2.75, 3.05) is 6.54 Å². The molecule has 6 heteroatoms. The number of benzene rings is 1.